The molecule has 4 aromatic heterocycles. The fourth-order valence-corrected chi connectivity index (χ4v) is 6.17. The number of pyridine rings is 1. The third kappa shape index (κ3) is 4.32. The first-order valence-corrected chi connectivity index (χ1v) is 13.7. The molecule has 1 fully saturated rings. The number of fused-ring (bicyclic) bond motifs is 2. The van der Waals surface area contributed by atoms with Gasteiger partial charge >= 0.3 is 10.2 Å². The van der Waals surface area contributed by atoms with Crippen molar-refractivity contribution < 1.29 is 13.1 Å². The zero-order chi connectivity index (χ0) is 25.6. The predicted molar refractivity (Wildman–Crippen MR) is 140 cm³/mol. The van der Waals surface area contributed by atoms with Gasteiger partial charge < -0.3 is 5.73 Å². The summed E-state index contributed by atoms with van der Waals surface area (Å²) in [5.41, 5.74) is 12.0. The Morgan fingerprint density at radius 1 is 1.16 bits per heavy atom. The Bertz CT molecular complexity index is 1690. The molecule has 190 valence electrons. The highest BCUT2D eigenvalue weighted by molar-refractivity contribution is 7.82. The third-order valence-electron chi connectivity index (χ3n) is 7.07. The number of benzene rings is 1. The minimum Gasteiger partial charge on any atom is -0.382 e. The number of quaternary nitrogens is 1. The van der Waals surface area contributed by atoms with E-state index in [0.29, 0.717) is 38.3 Å². The van der Waals surface area contributed by atoms with Crippen molar-refractivity contribution in [2.75, 3.05) is 25.9 Å². The molecule has 0 bridgehead atoms. The topological polar surface area (TPSA) is 141 Å². The first-order chi connectivity index (χ1) is 17.9. The summed E-state index contributed by atoms with van der Waals surface area (Å²) in [6.07, 6.45) is 8.51. The molecule has 0 amide bonds. The van der Waals surface area contributed by atoms with Gasteiger partial charge in [0, 0.05) is 54.2 Å². The lowest BCUT2D eigenvalue weighted by Crippen LogP contribution is -2.86. The lowest BCUT2D eigenvalue weighted by atomic mass is 9.94. The van der Waals surface area contributed by atoms with Crippen LogP contribution in [0.5, 0.6) is 0 Å². The second-order valence-electron chi connectivity index (χ2n) is 9.30. The SMILES string of the molecule is C[NH2+]S(=O)(=O)N1CCC(c2cc(-c3ccc4cn(Cc5cccnc5)nc4c3)c3c(N)ncnn23)CC1. The fraction of sp³-hybridized carbons (Fsp3) is 0.280. The Kier molecular flexibility index (Phi) is 5.86. The molecule has 0 saturated carbocycles. The predicted octanol–water partition coefficient (Wildman–Crippen LogP) is 1.39. The summed E-state index contributed by atoms with van der Waals surface area (Å²) in [7, 11) is -1.75. The maximum absolute atomic E-state index is 12.3. The van der Waals surface area contributed by atoms with Gasteiger partial charge in [0.2, 0.25) is 0 Å². The average molecular weight is 519 g/mol. The molecule has 5 aromatic rings. The molecular formula is C25H28N9O2S+. The van der Waals surface area contributed by atoms with E-state index in [0.717, 1.165) is 38.8 Å². The van der Waals surface area contributed by atoms with E-state index in [4.69, 9.17) is 10.8 Å². The second-order valence-corrected chi connectivity index (χ2v) is 11.3. The molecule has 0 atom stereocenters. The first kappa shape index (κ1) is 23.5. The molecule has 0 radical (unpaired) electrons. The molecule has 0 spiro atoms. The molecule has 12 heteroatoms. The van der Waals surface area contributed by atoms with E-state index in [2.05, 4.69) is 39.3 Å². The molecule has 11 nitrogen and oxygen atoms in total. The van der Waals surface area contributed by atoms with Crippen LogP contribution in [-0.2, 0) is 16.8 Å². The third-order valence-corrected chi connectivity index (χ3v) is 8.75. The van der Waals surface area contributed by atoms with Crippen LogP contribution in [0.1, 0.15) is 30.0 Å². The van der Waals surface area contributed by atoms with Crippen LogP contribution < -0.4 is 10.5 Å². The van der Waals surface area contributed by atoms with Gasteiger partial charge in [-0.05, 0) is 42.2 Å². The Labute approximate surface area is 214 Å². The molecule has 1 aromatic carbocycles. The van der Waals surface area contributed by atoms with E-state index >= 15 is 0 Å². The van der Waals surface area contributed by atoms with Crippen molar-refractivity contribution in [3.63, 3.8) is 0 Å². The number of nitrogen functional groups attached to an aromatic ring is 1. The second kappa shape index (κ2) is 9.21. The molecule has 0 unspecified atom stereocenters. The van der Waals surface area contributed by atoms with Crippen LogP contribution in [0.3, 0.4) is 0 Å². The molecule has 1 aliphatic heterocycles. The smallest absolute Gasteiger partial charge is 0.369 e. The van der Waals surface area contributed by atoms with E-state index in [-0.39, 0.29) is 5.92 Å². The lowest BCUT2D eigenvalue weighted by Gasteiger charge is -2.29. The molecule has 37 heavy (non-hydrogen) atoms. The highest BCUT2D eigenvalue weighted by Crippen LogP contribution is 2.37. The van der Waals surface area contributed by atoms with Crippen molar-refractivity contribution in [1.82, 2.24) is 33.7 Å². The summed E-state index contributed by atoms with van der Waals surface area (Å²) in [6.45, 7) is 1.59. The van der Waals surface area contributed by atoms with Crippen LogP contribution in [0.15, 0.2) is 61.3 Å². The van der Waals surface area contributed by atoms with Crippen LogP contribution in [0.4, 0.5) is 5.82 Å². The quantitative estimate of drug-likeness (QED) is 0.346. The number of aromatic nitrogens is 6. The number of nitrogens with zero attached hydrogens (tertiary/aromatic N) is 7. The van der Waals surface area contributed by atoms with Gasteiger partial charge in [-0.15, -0.1) is 0 Å². The van der Waals surface area contributed by atoms with Crippen LogP contribution in [0.25, 0.3) is 27.5 Å². The van der Waals surface area contributed by atoms with Gasteiger partial charge in [0.25, 0.3) is 0 Å². The molecular weight excluding hydrogens is 490 g/mol. The summed E-state index contributed by atoms with van der Waals surface area (Å²) in [5.74, 6) is 0.556. The molecule has 4 N–H and O–H groups in total. The van der Waals surface area contributed by atoms with Crippen molar-refractivity contribution in [3.8, 4) is 11.1 Å². The number of piperidine rings is 1. The average Bonchev–Trinajstić information content (AvgIpc) is 3.51. The van der Waals surface area contributed by atoms with Crippen molar-refractivity contribution in [3.05, 3.63) is 72.6 Å². The van der Waals surface area contributed by atoms with Crippen molar-refractivity contribution >= 4 is 32.4 Å². The molecule has 1 saturated heterocycles. The Balaban J connectivity index is 1.35. The summed E-state index contributed by atoms with van der Waals surface area (Å²) in [6, 6.07) is 12.3. The molecule has 1 aliphatic rings. The van der Waals surface area contributed by atoms with Gasteiger partial charge in [0.1, 0.15) is 11.8 Å². The Morgan fingerprint density at radius 3 is 2.76 bits per heavy atom. The molecule has 5 heterocycles. The minimum absolute atomic E-state index is 0.154. The minimum atomic E-state index is -3.31. The van der Waals surface area contributed by atoms with E-state index in [1.54, 1.807) is 17.5 Å². The van der Waals surface area contributed by atoms with Crippen molar-refractivity contribution in [2.45, 2.75) is 25.3 Å². The van der Waals surface area contributed by atoms with Crippen molar-refractivity contribution in [1.29, 1.82) is 0 Å². The summed E-state index contributed by atoms with van der Waals surface area (Å²) < 4.78 is 31.1. The normalized spacial score (nSPS) is 15.6. The Morgan fingerprint density at radius 2 is 2.00 bits per heavy atom. The Hall–Kier alpha value is -3.87. The number of rotatable bonds is 6. The van der Waals surface area contributed by atoms with Gasteiger partial charge in [-0.2, -0.15) is 22.9 Å². The van der Waals surface area contributed by atoms with Crippen LogP contribution in [0.2, 0.25) is 0 Å². The monoisotopic (exact) mass is 518 g/mol. The molecule has 6 rings (SSSR count). The fourth-order valence-electron chi connectivity index (χ4n) is 5.15. The first-order valence-electron chi connectivity index (χ1n) is 12.2. The van der Waals surface area contributed by atoms with Gasteiger partial charge in [-0.1, -0.05) is 18.2 Å². The van der Waals surface area contributed by atoms with Gasteiger partial charge in [-0.25, -0.2) is 14.2 Å². The highest BCUT2D eigenvalue weighted by atomic mass is 32.2. The van der Waals surface area contributed by atoms with Gasteiger partial charge in [0.15, 0.2) is 5.82 Å². The van der Waals surface area contributed by atoms with Crippen LogP contribution >= 0.6 is 0 Å². The lowest BCUT2D eigenvalue weighted by molar-refractivity contribution is -0.466. The van der Waals surface area contributed by atoms with E-state index < -0.39 is 10.2 Å². The maximum Gasteiger partial charge on any atom is 0.369 e. The highest BCUT2D eigenvalue weighted by Gasteiger charge is 2.32. The number of hydrogen-bond acceptors (Lipinski definition) is 7. The summed E-state index contributed by atoms with van der Waals surface area (Å²) in [5, 5.41) is 10.4. The molecule has 0 aliphatic carbocycles. The van der Waals surface area contributed by atoms with E-state index in [1.807, 2.05) is 33.7 Å². The van der Waals surface area contributed by atoms with E-state index in [9.17, 15) is 8.42 Å². The summed E-state index contributed by atoms with van der Waals surface area (Å²) in [4.78, 5) is 8.43. The summed E-state index contributed by atoms with van der Waals surface area (Å²) >= 11 is 0. The number of anilines is 1. The van der Waals surface area contributed by atoms with Gasteiger partial charge in [-0.3, -0.25) is 9.67 Å². The van der Waals surface area contributed by atoms with E-state index in [1.165, 1.54) is 11.0 Å². The van der Waals surface area contributed by atoms with Gasteiger partial charge in [0.05, 0.1) is 19.1 Å². The maximum atomic E-state index is 12.3. The zero-order valence-electron chi connectivity index (χ0n) is 20.4. The standard InChI is InChI=1S/C25H27N9O2S/c1-27-37(35,36)33-9-6-18(7-10-33)23-12-21(24-25(26)29-16-30-34(23)24)19-4-5-20-15-32(31-22(20)11-19)14-17-3-2-8-28-13-17/h2-5,8,11-13,15-16,18,27H,6-7,9-10,14H2,1H3,(H2,26,29,30)/p+1. The van der Waals surface area contributed by atoms with Crippen LogP contribution in [-0.4, -0.2) is 62.2 Å². The number of hydrogen-bond donors (Lipinski definition) is 2. The zero-order valence-corrected chi connectivity index (χ0v) is 21.2. The largest absolute Gasteiger partial charge is 0.382 e. The van der Waals surface area contributed by atoms with Crippen LogP contribution in [0, 0.1) is 0 Å². The number of nitrogens with two attached hydrogens (primary N) is 2. The van der Waals surface area contributed by atoms with Crippen molar-refractivity contribution in [2.24, 2.45) is 0 Å².